The van der Waals surface area contributed by atoms with Gasteiger partial charge in [0.2, 0.25) is 3.79 Å². The van der Waals surface area contributed by atoms with Gasteiger partial charge in [-0.15, -0.1) is 0 Å². The van der Waals surface area contributed by atoms with Gasteiger partial charge in [0.1, 0.15) is 6.10 Å². The molecule has 0 aliphatic rings. The van der Waals surface area contributed by atoms with Crippen LogP contribution in [0.5, 0.6) is 0 Å². The summed E-state index contributed by atoms with van der Waals surface area (Å²) in [5, 5.41) is 9.60. The molecule has 0 spiro atoms. The van der Waals surface area contributed by atoms with Crippen LogP contribution in [0, 0.1) is 0 Å². The second kappa shape index (κ2) is 4.54. The van der Waals surface area contributed by atoms with Gasteiger partial charge >= 0.3 is 0 Å². The first-order chi connectivity index (χ1) is 6.45. The summed E-state index contributed by atoms with van der Waals surface area (Å²) in [5.41, 5.74) is 1.51. The molecule has 0 amide bonds. The fraction of sp³-hybridized carbons (Fsp3) is 0.200. The lowest BCUT2D eigenvalue weighted by molar-refractivity contribution is 0.182. The molecule has 0 aromatic heterocycles. The highest BCUT2D eigenvalue weighted by atomic mass is 35.6. The van der Waals surface area contributed by atoms with Gasteiger partial charge in [0.05, 0.1) is 0 Å². The maximum absolute atomic E-state index is 9.60. The van der Waals surface area contributed by atoms with Gasteiger partial charge in [0.25, 0.3) is 0 Å². The Morgan fingerprint density at radius 2 is 1.71 bits per heavy atom. The zero-order valence-corrected chi connectivity index (χ0v) is 9.52. The molecule has 1 nitrogen and oxygen atoms in total. The van der Waals surface area contributed by atoms with Gasteiger partial charge in [0.15, 0.2) is 0 Å². The van der Waals surface area contributed by atoms with Crippen LogP contribution in [0.3, 0.4) is 0 Å². The quantitative estimate of drug-likeness (QED) is 0.794. The molecule has 0 saturated heterocycles. The van der Waals surface area contributed by atoms with Crippen molar-refractivity contribution in [2.24, 2.45) is 0 Å². The number of alkyl halides is 3. The summed E-state index contributed by atoms with van der Waals surface area (Å²) < 4.78 is -1.70. The molecule has 0 radical (unpaired) electrons. The van der Waals surface area contributed by atoms with Crippen molar-refractivity contribution < 1.29 is 5.11 Å². The first-order valence-corrected chi connectivity index (χ1v) is 5.05. The lowest BCUT2D eigenvalue weighted by atomic mass is 10.1. The van der Waals surface area contributed by atoms with Crippen LogP contribution in [-0.4, -0.2) is 8.90 Å². The highest BCUT2D eigenvalue weighted by Gasteiger charge is 2.31. The Hall–Kier alpha value is -0.210. The number of halogens is 3. The van der Waals surface area contributed by atoms with E-state index in [0.29, 0.717) is 5.56 Å². The highest BCUT2D eigenvalue weighted by Crippen LogP contribution is 2.39. The van der Waals surface area contributed by atoms with Crippen LogP contribution in [0.25, 0.3) is 6.08 Å². The molecule has 1 unspecified atom stereocenters. The second-order valence-electron chi connectivity index (χ2n) is 2.81. The van der Waals surface area contributed by atoms with Gasteiger partial charge in [-0.3, -0.25) is 0 Å². The van der Waals surface area contributed by atoms with E-state index in [1.54, 1.807) is 30.3 Å². The van der Waals surface area contributed by atoms with Crippen LogP contribution in [0.2, 0.25) is 0 Å². The number of aliphatic hydroxyl groups is 1. The molecule has 4 heteroatoms. The predicted octanol–water partition coefficient (Wildman–Crippen LogP) is 3.73. The van der Waals surface area contributed by atoms with E-state index in [4.69, 9.17) is 34.8 Å². The molecule has 76 valence electrons. The molecule has 1 aromatic rings. The smallest absolute Gasteiger partial charge is 0.220 e. The van der Waals surface area contributed by atoms with Gasteiger partial charge in [-0.1, -0.05) is 71.7 Å². The van der Waals surface area contributed by atoms with Gasteiger partial charge in [-0.25, -0.2) is 0 Å². The molecule has 0 fully saturated rings. The number of hydrogen-bond acceptors (Lipinski definition) is 1. The molecule has 0 aliphatic carbocycles. The SMILES string of the molecule is C=Cc1ccc(C(O)C(Cl)(Cl)Cl)cc1. The Labute approximate surface area is 97.9 Å². The third kappa shape index (κ3) is 2.89. The Morgan fingerprint density at radius 3 is 2.07 bits per heavy atom. The minimum atomic E-state index is -1.70. The van der Waals surface area contributed by atoms with Gasteiger partial charge in [-0.2, -0.15) is 0 Å². The molecule has 0 saturated carbocycles. The monoisotopic (exact) mass is 250 g/mol. The average molecular weight is 252 g/mol. The minimum absolute atomic E-state index is 0.565. The number of aliphatic hydroxyl groups excluding tert-OH is 1. The Kier molecular flexibility index (Phi) is 3.85. The number of rotatable bonds is 2. The van der Waals surface area contributed by atoms with E-state index in [0.717, 1.165) is 5.56 Å². The van der Waals surface area contributed by atoms with E-state index >= 15 is 0 Å². The Bertz CT molecular complexity index is 313. The van der Waals surface area contributed by atoms with Crippen molar-refractivity contribution >= 4 is 40.9 Å². The molecule has 0 aliphatic heterocycles. The van der Waals surface area contributed by atoms with Crippen molar-refractivity contribution in [3.05, 3.63) is 42.0 Å². The van der Waals surface area contributed by atoms with E-state index in [1.165, 1.54) is 0 Å². The largest absolute Gasteiger partial charge is 0.384 e. The number of hydrogen-bond donors (Lipinski definition) is 1. The van der Waals surface area contributed by atoms with E-state index in [9.17, 15) is 5.11 Å². The van der Waals surface area contributed by atoms with Crippen molar-refractivity contribution in [1.82, 2.24) is 0 Å². The predicted molar refractivity (Wildman–Crippen MR) is 61.8 cm³/mol. The van der Waals surface area contributed by atoms with Gasteiger partial charge in [0, 0.05) is 0 Å². The Morgan fingerprint density at radius 1 is 1.21 bits per heavy atom. The summed E-state index contributed by atoms with van der Waals surface area (Å²) in [6, 6.07) is 6.98. The molecule has 1 rings (SSSR count). The fourth-order valence-corrected chi connectivity index (χ4v) is 1.38. The fourth-order valence-electron chi connectivity index (χ4n) is 1.00. The summed E-state index contributed by atoms with van der Waals surface area (Å²) in [7, 11) is 0. The Balaban J connectivity index is 2.92. The van der Waals surface area contributed by atoms with Crippen LogP contribution >= 0.6 is 34.8 Å². The summed E-state index contributed by atoms with van der Waals surface area (Å²) in [4.78, 5) is 0. The third-order valence-corrected chi connectivity index (χ3v) is 2.42. The minimum Gasteiger partial charge on any atom is -0.384 e. The lowest BCUT2D eigenvalue weighted by Crippen LogP contribution is -2.16. The molecule has 1 atom stereocenters. The summed E-state index contributed by atoms with van der Waals surface area (Å²) in [5.74, 6) is 0. The second-order valence-corrected chi connectivity index (χ2v) is 5.18. The zero-order chi connectivity index (χ0) is 10.8. The molecular weight excluding hydrogens is 242 g/mol. The summed E-state index contributed by atoms with van der Waals surface area (Å²) in [6.45, 7) is 3.61. The van der Waals surface area contributed by atoms with Crippen LogP contribution in [0.4, 0.5) is 0 Å². The normalized spacial score (nSPS) is 13.7. The molecule has 1 N–H and O–H groups in total. The van der Waals surface area contributed by atoms with Crippen LogP contribution < -0.4 is 0 Å². The van der Waals surface area contributed by atoms with E-state index in [1.807, 2.05) is 0 Å². The van der Waals surface area contributed by atoms with Crippen LogP contribution in [0.1, 0.15) is 17.2 Å². The number of benzene rings is 1. The molecule has 14 heavy (non-hydrogen) atoms. The standard InChI is InChI=1S/C10H9Cl3O/c1-2-7-3-5-8(6-4-7)9(14)10(11,12)13/h2-6,9,14H,1H2. The van der Waals surface area contributed by atoms with Crippen molar-refractivity contribution in [1.29, 1.82) is 0 Å². The molecule has 1 aromatic carbocycles. The van der Waals surface area contributed by atoms with Crippen molar-refractivity contribution in [2.75, 3.05) is 0 Å². The molecule has 0 bridgehead atoms. The summed E-state index contributed by atoms with van der Waals surface area (Å²) >= 11 is 16.7. The van der Waals surface area contributed by atoms with Crippen molar-refractivity contribution in [3.8, 4) is 0 Å². The first-order valence-electron chi connectivity index (χ1n) is 3.92. The lowest BCUT2D eigenvalue weighted by Gasteiger charge is -2.19. The van der Waals surface area contributed by atoms with E-state index in [-0.39, 0.29) is 0 Å². The van der Waals surface area contributed by atoms with E-state index in [2.05, 4.69) is 6.58 Å². The van der Waals surface area contributed by atoms with Gasteiger partial charge < -0.3 is 5.11 Å². The van der Waals surface area contributed by atoms with Crippen molar-refractivity contribution in [3.63, 3.8) is 0 Å². The topological polar surface area (TPSA) is 20.2 Å². The van der Waals surface area contributed by atoms with Crippen LogP contribution in [-0.2, 0) is 0 Å². The maximum Gasteiger partial charge on any atom is 0.220 e. The van der Waals surface area contributed by atoms with Crippen molar-refractivity contribution in [2.45, 2.75) is 9.90 Å². The van der Waals surface area contributed by atoms with Gasteiger partial charge in [-0.05, 0) is 11.1 Å². The summed E-state index contributed by atoms with van der Waals surface area (Å²) in [6.07, 6.45) is 0.581. The molecular formula is C10H9Cl3O. The maximum atomic E-state index is 9.60. The zero-order valence-electron chi connectivity index (χ0n) is 7.25. The third-order valence-electron chi connectivity index (χ3n) is 1.80. The average Bonchev–Trinajstić information content (AvgIpc) is 2.15. The van der Waals surface area contributed by atoms with E-state index < -0.39 is 9.90 Å². The highest BCUT2D eigenvalue weighted by molar-refractivity contribution is 6.68. The molecule has 0 heterocycles. The first kappa shape index (κ1) is 11.9. The van der Waals surface area contributed by atoms with Crippen LogP contribution in [0.15, 0.2) is 30.8 Å².